The fourth-order valence-corrected chi connectivity index (χ4v) is 3.01. The van der Waals surface area contributed by atoms with Gasteiger partial charge < -0.3 is 9.47 Å². The minimum absolute atomic E-state index is 0.0790. The first-order chi connectivity index (χ1) is 14.3. The van der Waals surface area contributed by atoms with Crippen molar-refractivity contribution in [2.45, 2.75) is 13.1 Å². The highest BCUT2D eigenvalue weighted by atomic mass is 16.5. The predicted molar refractivity (Wildman–Crippen MR) is 107 cm³/mol. The molecule has 0 aliphatic heterocycles. The van der Waals surface area contributed by atoms with Crippen LogP contribution in [-0.4, -0.2) is 34.3 Å². The van der Waals surface area contributed by atoms with E-state index in [-0.39, 0.29) is 34.8 Å². The molecule has 154 valence electrons. The molecule has 10 nitrogen and oxygen atoms in total. The fourth-order valence-electron chi connectivity index (χ4n) is 3.01. The minimum atomic E-state index is -0.812. The summed E-state index contributed by atoms with van der Waals surface area (Å²) < 4.78 is 10.9. The van der Waals surface area contributed by atoms with Crippen molar-refractivity contribution in [2.24, 2.45) is 0 Å². The van der Waals surface area contributed by atoms with Gasteiger partial charge in [0, 0.05) is 0 Å². The van der Waals surface area contributed by atoms with Gasteiger partial charge in [-0.2, -0.15) is 0 Å². The van der Waals surface area contributed by atoms with Gasteiger partial charge in [-0.25, -0.2) is 0 Å². The summed E-state index contributed by atoms with van der Waals surface area (Å²) in [5.74, 6) is -1.62. The highest BCUT2D eigenvalue weighted by Gasteiger charge is 2.21. The predicted octanol–water partition coefficient (Wildman–Crippen LogP) is -0.629. The Hall–Kier alpha value is -4.08. The first kappa shape index (κ1) is 20.6. The molecule has 2 aromatic heterocycles. The third kappa shape index (κ3) is 3.50. The van der Waals surface area contributed by atoms with Crippen molar-refractivity contribution in [2.75, 3.05) is 13.2 Å². The van der Waals surface area contributed by atoms with Gasteiger partial charge in [-0.05, 0) is 12.1 Å². The topological polar surface area (TPSA) is 131 Å². The van der Waals surface area contributed by atoms with E-state index in [1.165, 1.54) is 12.2 Å². The summed E-state index contributed by atoms with van der Waals surface area (Å²) in [5.41, 5.74) is -3.18. The van der Waals surface area contributed by atoms with Gasteiger partial charge in [0.15, 0.2) is 0 Å². The molecule has 0 N–H and O–H groups in total. The van der Waals surface area contributed by atoms with E-state index in [2.05, 4.69) is 13.2 Å². The highest BCUT2D eigenvalue weighted by Crippen LogP contribution is 2.14. The second-order valence-electron chi connectivity index (χ2n) is 6.28. The van der Waals surface area contributed by atoms with E-state index in [0.29, 0.717) is 9.13 Å². The van der Waals surface area contributed by atoms with E-state index >= 15 is 0 Å². The molecule has 0 saturated carbocycles. The standard InChI is InChI=1S/C20H16N2O8/c1-3-5-29-15(23)9-21-17(25)11-7-13-14(8-12(11)18(21)26)20(28)22(19(13)27)10-16(24)30-6-4-2/h3-4,7-8H,1-2,5-6,9-10H2. The number of carbonyl (C=O) groups is 2. The summed E-state index contributed by atoms with van der Waals surface area (Å²) in [6.45, 7) is 5.39. The summed E-state index contributed by atoms with van der Waals surface area (Å²) in [6, 6.07) is 2.24. The zero-order chi connectivity index (χ0) is 22.0. The summed E-state index contributed by atoms with van der Waals surface area (Å²) >= 11 is 0. The van der Waals surface area contributed by atoms with E-state index < -0.39 is 47.3 Å². The second kappa shape index (κ2) is 8.11. The molecular weight excluding hydrogens is 396 g/mol. The van der Waals surface area contributed by atoms with Crippen LogP contribution in [0.25, 0.3) is 21.5 Å². The van der Waals surface area contributed by atoms with Gasteiger partial charge in [-0.1, -0.05) is 25.3 Å². The number of ether oxygens (including phenoxy) is 2. The van der Waals surface area contributed by atoms with Crippen LogP contribution in [-0.2, 0) is 32.2 Å². The van der Waals surface area contributed by atoms with Gasteiger partial charge in [0.25, 0.3) is 22.2 Å². The Bertz CT molecular complexity index is 1220. The molecule has 0 unspecified atom stereocenters. The van der Waals surface area contributed by atoms with Crippen LogP contribution >= 0.6 is 0 Å². The summed E-state index contributed by atoms with van der Waals surface area (Å²) in [5, 5.41) is -0.472. The van der Waals surface area contributed by atoms with Crippen LogP contribution in [0.15, 0.2) is 56.6 Å². The maximum atomic E-state index is 12.6. The molecule has 3 aromatic rings. The quantitative estimate of drug-likeness (QED) is 0.353. The number of carbonyl (C=O) groups excluding carboxylic acids is 2. The Morgan fingerprint density at radius 2 is 1.00 bits per heavy atom. The van der Waals surface area contributed by atoms with Crippen molar-refractivity contribution in [1.82, 2.24) is 9.13 Å². The monoisotopic (exact) mass is 412 g/mol. The molecule has 10 heteroatoms. The SMILES string of the molecule is C=CCOC(=O)Cn1c(=O)c2cc3c(=O)n(CC(=O)OCC=C)c(=O)c3cc2c1=O. The van der Waals surface area contributed by atoms with E-state index in [4.69, 9.17) is 9.47 Å². The Labute approximate surface area is 167 Å². The first-order valence-electron chi connectivity index (χ1n) is 8.73. The van der Waals surface area contributed by atoms with Crippen molar-refractivity contribution in [3.05, 3.63) is 78.9 Å². The lowest BCUT2D eigenvalue weighted by atomic mass is 10.1. The van der Waals surface area contributed by atoms with Crippen molar-refractivity contribution in [3.8, 4) is 0 Å². The zero-order valence-corrected chi connectivity index (χ0v) is 15.7. The van der Waals surface area contributed by atoms with Crippen LogP contribution in [0.1, 0.15) is 0 Å². The lowest BCUT2D eigenvalue weighted by molar-refractivity contribution is -0.144. The van der Waals surface area contributed by atoms with Crippen LogP contribution in [0.4, 0.5) is 0 Å². The minimum Gasteiger partial charge on any atom is -0.460 e. The Kier molecular flexibility index (Phi) is 5.58. The van der Waals surface area contributed by atoms with E-state index in [9.17, 15) is 28.8 Å². The second-order valence-corrected chi connectivity index (χ2v) is 6.28. The number of benzene rings is 1. The fraction of sp³-hybridized carbons (Fsp3) is 0.200. The number of hydrogen-bond acceptors (Lipinski definition) is 8. The number of nitrogens with zero attached hydrogens (tertiary/aromatic N) is 2. The molecule has 0 amide bonds. The molecule has 3 rings (SSSR count). The molecule has 1 aromatic carbocycles. The molecule has 0 bridgehead atoms. The Morgan fingerprint density at radius 3 is 1.27 bits per heavy atom. The molecule has 0 radical (unpaired) electrons. The molecule has 0 aliphatic carbocycles. The Balaban J connectivity index is 2.10. The average molecular weight is 412 g/mol. The van der Waals surface area contributed by atoms with Crippen molar-refractivity contribution >= 4 is 33.5 Å². The molecule has 0 spiro atoms. The van der Waals surface area contributed by atoms with E-state index in [1.54, 1.807) is 0 Å². The summed E-state index contributed by atoms with van der Waals surface area (Å²) in [7, 11) is 0. The first-order valence-corrected chi connectivity index (χ1v) is 8.73. The van der Waals surface area contributed by atoms with Crippen LogP contribution < -0.4 is 22.2 Å². The number of rotatable bonds is 8. The van der Waals surface area contributed by atoms with E-state index in [1.807, 2.05) is 0 Å². The van der Waals surface area contributed by atoms with Crippen LogP contribution in [0.5, 0.6) is 0 Å². The molecule has 0 fully saturated rings. The lowest BCUT2D eigenvalue weighted by Gasteiger charge is -2.01. The highest BCUT2D eigenvalue weighted by molar-refractivity contribution is 5.98. The third-order valence-corrected chi connectivity index (χ3v) is 4.36. The van der Waals surface area contributed by atoms with Crippen LogP contribution in [0, 0.1) is 0 Å². The molecule has 30 heavy (non-hydrogen) atoms. The van der Waals surface area contributed by atoms with Gasteiger partial charge in [0.1, 0.15) is 26.3 Å². The molecule has 0 aliphatic rings. The van der Waals surface area contributed by atoms with Gasteiger partial charge >= 0.3 is 11.9 Å². The van der Waals surface area contributed by atoms with E-state index in [0.717, 1.165) is 12.1 Å². The molecule has 2 heterocycles. The maximum Gasteiger partial charge on any atom is 0.326 e. The maximum absolute atomic E-state index is 12.6. The average Bonchev–Trinajstić information content (AvgIpc) is 3.10. The number of aromatic nitrogens is 2. The van der Waals surface area contributed by atoms with Gasteiger partial charge in [-0.15, -0.1) is 0 Å². The number of hydrogen-bond donors (Lipinski definition) is 0. The van der Waals surface area contributed by atoms with Gasteiger partial charge in [0.05, 0.1) is 21.5 Å². The summed E-state index contributed by atoms with van der Waals surface area (Å²) in [4.78, 5) is 73.8. The number of esters is 2. The Morgan fingerprint density at radius 1 is 0.700 bits per heavy atom. The van der Waals surface area contributed by atoms with Crippen molar-refractivity contribution in [1.29, 1.82) is 0 Å². The number of fused-ring (bicyclic) bond motifs is 2. The molecule has 0 atom stereocenters. The van der Waals surface area contributed by atoms with Crippen LogP contribution in [0.2, 0.25) is 0 Å². The largest absolute Gasteiger partial charge is 0.460 e. The van der Waals surface area contributed by atoms with Crippen molar-refractivity contribution in [3.63, 3.8) is 0 Å². The van der Waals surface area contributed by atoms with Gasteiger partial charge in [-0.3, -0.25) is 37.9 Å². The normalized spacial score (nSPS) is 10.9. The van der Waals surface area contributed by atoms with Gasteiger partial charge in [0.2, 0.25) is 0 Å². The smallest absolute Gasteiger partial charge is 0.326 e. The molecular formula is C20H16N2O8. The third-order valence-electron chi connectivity index (χ3n) is 4.36. The molecule has 0 saturated heterocycles. The lowest BCUT2D eigenvalue weighted by Crippen LogP contribution is -2.30. The van der Waals surface area contributed by atoms with Crippen LogP contribution in [0.3, 0.4) is 0 Å². The van der Waals surface area contributed by atoms with Crippen molar-refractivity contribution < 1.29 is 19.1 Å². The summed E-state index contributed by atoms with van der Waals surface area (Å²) in [6.07, 6.45) is 2.67. The zero-order valence-electron chi connectivity index (χ0n) is 15.7.